The summed E-state index contributed by atoms with van der Waals surface area (Å²) in [4.78, 5) is 0.524. The van der Waals surface area contributed by atoms with Gasteiger partial charge in [-0.2, -0.15) is 0 Å². The van der Waals surface area contributed by atoms with Crippen LogP contribution in [0.1, 0.15) is 50.7 Å². The van der Waals surface area contributed by atoms with E-state index in [1.54, 1.807) is 0 Å². The molecule has 2 aromatic carbocycles. The number of aliphatic hydroxyl groups excluding tert-OH is 1. The van der Waals surface area contributed by atoms with Crippen molar-refractivity contribution in [1.29, 1.82) is 0 Å². The monoisotopic (exact) mass is 404 g/mol. The Morgan fingerprint density at radius 1 is 1.04 bits per heavy atom. The Bertz CT molecular complexity index is 616. The summed E-state index contributed by atoms with van der Waals surface area (Å²) in [6.45, 7) is 2.25. The molecule has 0 saturated carbocycles. The van der Waals surface area contributed by atoms with Gasteiger partial charge in [-0.25, -0.2) is 0 Å². The van der Waals surface area contributed by atoms with Crippen LogP contribution >= 0.6 is 0 Å². The van der Waals surface area contributed by atoms with Crippen molar-refractivity contribution in [3.05, 3.63) is 66.2 Å². The van der Waals surface area contributed by atoms with Crippen LogP contribution in [0.5, 0.6) is 0 Å². The van der Waals surface area contributed by atoms with E-state index in [2.05, 4.69) is 61.5 Å². The third kappa shape index (κ3) is 5.42. The van der Waals surface area contributed by atoms with Crippen LogP contribution in [0.4, 0.5) is 0 Å². The molecule has 2 aromatic rings. The Morgan fingerprint density at radius 2 is 1.72 bits per heavy atom. The van der Waals surface area contributed by atoms with E-state index in [0.717, 1.165) is 6.42 Å². The Labute approximate surface area is 157 Å². The molecule has 1 saturated heterocycles. The molecule has 3 heteroatoms. The van der Waals surface area contributed by atoms with Crippen molar-refractivity contribution in [2.24, 2.45) is 0 Å². The molecule has 4 atom stereocenters. The maximum atomic E-state index is 10.5. The summed E-state index contributed by atoms with van der Waals surface area (Å²) in [5.41, 5.74) is 1.19. The van der Waals surface area contributed by atoms with Crippen LogP contribution in [-0.2, 0) is 4.74 Å². The summed E-state index contributed by atoms with van der Waals surface area (Å²) in [6.07, 6.45) is 5.01. The Kier molecular flexibility index (Phi) is 7.12. The molecule has 0 radical (unpaired) electrons. The summed E-state index contributed by atoms with van der Waals surface area (Å²) in [5.74, 6) is 0. The second kappa shape index (κ2) is 9.54. The zero-order chi connectivity index (χ0) is 17.5. The first-order valence-electron chi connectivity index (χ1n) is 9.36. The zero-order valence-corrected chi connectivity index (χ0v) is 16.6. The van der Waals surface area contributed by atoms with Gasteiger partial charge in [0.25, 0.3) is 0 Å². The van der Waals surface area contributed by atoms with Gasteiger partial charge in [0.2, 0.25) is 0 Å². The second-order valence-corrected chi connectivity index (χ2v) is 9.56. The van der Waals surface area contributed by atoms with Crippen LogP contribution in [0.25, 0.3) is 0 Å². The molecule has 0 amide bonds. The van der Waals surface area contributed by atoms with Crippen LogP contribution in [0.15, 0.2) is 60.7 Å². The minimum atomic E-state index is -0.264. The molecule has 1 fully saturated rings. The third-order valence-electron chi connectivity index (χ3n) is 4.79. The summed E-state index contributed by atoms with van der Waals surface area (Å²) in [7, 11) is 0. The van der Waals surface area contributed by atoms with Crippen LogP contribution in [-0.4, -0.2) is 32.3 Å². The van der Waals surface area contributed by atoms with Crippen molar-refractivity contribution in [3.8, 4) is 0 Å². The van der Waals surface area contributed by atoms with Crippen LogP contribution in [0, 0.1) is 0 Å². The third-order valence-corrected chi connectivity index (χ3v) is 7.70. The molecule has 0 spiro atoms. The van der Waals surface area contributed by atoms with Gasteiger partial charge in [-0.05, 0) is 0 Å². The van der Waals surface area contributed by atoms with Gasteiger partial charge in [0, 0.05) is 0 Å². The Balaban J connectivity index is 1.74. The molecule has 1 N–H and O–H groups in total. The van der Waals surface area contributed by atoms with Crippen molar-refractivity contribution < 1.29 is 9.84 Å². The molecule has 0 bridgehead atoms. The number of rotatable bonds is 7. The maximum absolute atomic E-state index is 10.5. The number of ether oxygens (including phenoxy) is 1. The topological polar surface area (TPSA) is 29.5 Å². The van der Waals surface area contributed by atoms with Gasteiger partial charge < -0.3 is 0 Å². The fourth-order valence-electron chi connectivity index (χ4n) is 3.46. The molecular weight excluding hydrogens is 375 g/mol. The second-order valence-electron chi connectivity index (χ2n) is 6.81. The van der Waals surface area contributed by atoms with Gasteiger partial charge in [0.15, 0.2) is 0 Å². The molecule has 0 unspecified atom stereocenters. The fraction of sp³-hybridized carbons (Fsp3) is 0.455. The first-order valence-corrected chi connectivity index (χ1v) is 11.2. The van der Waals surface area contributed by atoms with E-state index in [4.69, 9.17) is 4.74 Å². The predicted octanol–water partition coefficient (Wildman–Crippen LogP) is 4.28. The summed E-state index contributed by atoms with van der Waals surface area (Å²) < 4.78 is 7.96. The quantitative estimate of drug-likeness (QED) is 0.700. The zero-order valence-electron chi connectivity index (χ0n) is 14.9. The van der Waals surface area contributed by atoms with Crippen molar-refractivity contribution in [1.82, 2.24) is 0 Å². The molecule has 1 aliphatic rings. The van der Waals surface area contributed by atoms with Crippen molar-refractivity contribution in [3.63, 3.8) is 0 Å². The summed E-state index contributed by atoms with van der Waals surface area (Å²) in [5, 5.41) is 10.5. The van der Waals surface area contributed by atoms with Gasteiger partial charge in [-0.15, -0.1) is 0 Å². The van der Waals surface area contributed by atoms with Crippen molar-refractivity contribution in [2.45, 2.75) is 62.2 Å². The molecular formula is C22H28O2Se. The van der Waals surface area contributed by atoms with Gasteiger partial charge in [0.1, 0.15) is 0 Å². The number of hydrogen-bond acceptors (Lipinski definition) is 2. The standard InChI is InChI=1S/C22H28O2Se/c1-2-3-14-22(25-19-12-8-5-9-13-19)21-16-18(23)15-20(24-21)17-10-6-4-7-11-17/h4-13,18,20-23H,2-3,14-16H2,1H3/t18-,20-,21+,22+/m0/s1. The molecule has 1 heterocycles. The fourth-order valence-corrected chi connectivity index (χ4v) is 6.13. The van der Waals surface area contributed by atoms with Crippen molar-refractivity contribution in [2.75, 3.05) is 0 Å². The average Bonchev–Trinajstić information content (AvgIpc) is 2.66. The van der Waals surface area contributed by atoms with Crippen LogP contribution in [0.2, 0.25) is 4.82 Å². The molecule has 3 rings (SSSR count). The first-order chi connectivity index (χ1) is 12.3. The van der Waals surface area contributed by atoms with Gasteiger partial charge in [0.05, 0.1) is 0 Å². The average molecular weight is 403 g/mol. The van der Waals surface area contributed by atoms with Crippen LogP contribution in [0.3, 0.4) is 0 Å². The van der Waals surface area contributed by atoms with E-state index in [1.807, 2.05) is 6.07 Å². The van der Waals surface area contributed by atoms with Gasteiger partial charge >= 0.3 is 158 Å². The Hall–Kier alpha value is -1.12. The van der Waals surface area contributed by atoms with E-state index in [-0.39, 0.29) is 18.3 Å². The number of aliphatic hydroxyl groups is 1. The molecule has 25 heavy (non-hydrogen) atoms. The molecule has 0 aromatic heterocycles. The first kappa shape index (κ1) is 18.7. The molecule has 0 aliphatic carbocycles. The molecule has 2 nitrogen and oxygen atoms in total. The molecule has 1 aliphatic heterocycles. The molecule has 134 valence electrons. The number of benzene rings is 2. The predicted molar refractivity (Wildman–Crippen MR) is 104 cm³/mol. The van der Waals surface area contributed by atoms with E-state index in [1.165, 1.54) is 29.3 Å². The number of unbranched alkanes of at least 4 members (excludes halogenated alkanes) is 1. The van der Waals surface area contributed by atoms with E-state index in [0.29, 0.717) is 26.2 Å². The SMILES string of the molecule is CCCC[C@@H]([Se]c1ccccc1)[C@H]1C[C@@H](O)C[C@@H](c2ccccc2)O1. The normalized spacial score (nSPS) is 24.8. The summed E-state index contributed by atoms with van der Waals surface area (Å²) >= 11 is 0.374. The van der Waals surface area contributed by atoms with Gasteiger partial charge in [-0.3, -0.25) is 0 Å². The Morgan fingerprint density at radius 3 is 2.40 bits per heavy atom. The van der Waals surface area contributed by atoms with E-state index >= 15 is 0 Å². The van der Waals surface area contributed by atoms with E-state index in [9.17, 15) is 5.11 Å². The van der Waals surface area contributed by atoms with Crippen LogP contribution < -0.4 is 4.46 Å². The van der Waals surface area contributed by atoms with E-state index < -0.39 is 0 Å². The minimum absolute atomic E-state index is 0.0191. The van der Waals surface area contributed by atoms with Gasteiger partial charge in [-0.1, -0.05) is 0 Å². The number of hydrogen-bond donors (Lipinski definition) is 1. The van der Waals surface area contributed by atoms with Crippen molar-refractivity contribution >= 4 is 19.4 Å². The summed E-state index contributed by atoms with van der Waals surface area (Å²) in [6, 6.07) is 21.1.